The van der Waals surface area contributed by atoms with Crippen molar-refractivity contribution in [1.29, 1.82) is 0 Å². The van der Waals surface area contributed by atoms with Gasteiger partial charge in [-0.2, -0.15) is 0 Å². The molecule has 106 valence electrons. The Morgan fingerprint density at radius 2 is 2.14 bits per heavy atom. The van der Waals surface area contributed by atoms with E-state index in [1.165, 1.54) is 17.1 Å². The molecule has 1 aromatic heterocycles. The molecule has 0 N–H and O–H groups in total. The molecule has 0 unspecified atom stereocenters. The molecule has 21 heavy (non-hydrogen) atoms. The number of halogens is 1. The molecule has 0 fully saturated rings. The standard InChI is InChI=1S/C16H12BrNO2S/c17-12-7-10-5-6-20-15(10)11(8-12)9-18-16(19)13-3-1-2-4-14(13)21-18/h1-4,7-8H,5-6,9H2. The van der Waals surface area contributed by atoms with Crippen LogP contribution in [0.2, 0.25) is 0 Å². The van der Waals surface area contributed by atoms with E-state index >= 15 is 0 Å². The highest BCUT2D eigenvalue weighted by molar-refractivity contribution is 9.10. The smallest absolute Gasteiger partial charge is 0.268 e. The second kappa shape index (κ2) is 5.00. The van der Waals surface area contributed by atoms with Crippen LogP contribution in [0.1, 0.15) is 11.1 Å². The summed E-state index contributed by atoms with van der Waals surface area (Å²) >= 11 is 5.05. The molecule has 0 saturated heterocycles. The first kappa shape index (κ1) is 13.1. The van der Waals surface area contributed by atoms with Crippen LogP contribution in [-0.4, -0.2) is 10.6 Å². The SMILES string of the molecule is O=c1c2ccccc2sn1Cc1cc(Br)cc2c1OCC2. The van der Waals surface area contributed by atoms with Gasteiger partial charge in [-0.1, -0.05) is 39.6 Å². The first-order valence-corrected chi connectivity index (χ1v) is 8.32. The summed E-state index contributed by atoms with van der Waals surface area (Å²) in [6.45, 7) is 1.28. The molecule has 4 rings (SSSR count). The van der Waals surface area contributed by atoms with Crippen LogP contribution in [0.25, 0.3) is 10.1 Å². The Morgan fingerprint density at radius 3 is 3.00 bits per heavy atom. The molecular formula is C16H12BrNO2S. The van der Waals surface area contributed by atoms with Crippen LogP contribution in [0.4, 0.5) is 0 Å². The van der Waals surface area contributed by atoms with Crippen molar-refractivity contribution in [3.8, 4) is 5.75 Å². The summed E-state index contributed by atoms with van der Waals surface area (Å²) in [5, 5.41) is 0.787. The lowest BCUT2D eigenvalue weighted by atomic mass is 10.1. The Labute approximate surface area is 134 Å². The summed E-state index contributed by atoms with van der Waals surface area (Å²) in [5.41, 5.74) is 2.35. The maximum Gasteiger partial charge on any atom is 0.268 e. The van der Waals surface area contributed by atoms with Crippen molar-refractivity contribution < 1.29 is 4.74 Å². The molecule has 0 aliphatic carbocycles. The van der Waals surface area contributed by atoms with Crippen LogP contribution in [0.5, 0.6) is 5.75 Å². The maximum absolute atomic E-state index is 12.4. The summed E-state index contributed by atoms with van der Waals surface area (Å²) in [6, 6.07) is 11.9. The lowest BCUT2D eigenvalue weighted by Crippen LogP contribution is -2.14. The van der Waals surface area contributed by atoms with E-state index in [1.54, 1.807) is 3.96 Å². The molecule has 0 bridgehead atoms. The van der Waals surface area contributed by atoms with Crippen molar-refractivity contribution >= 4 is 37.5 Å². The Morgan fingerprint density at radius 1 is 1.29 bits per heavy atom. The lowest BCUT2D eigenvalue weighted by molar-refractivity contribution is 0.353. The lowest BCUT2D eigenvalue weighted by Gasteiger charge is -2.08. The van der Waals surface area contributed by atoms with E-state index in [0.717, 1.165) is 38.9 Å². The Balaban J connectivity index is 1.82. The number of aromatic nitrogens is 1. The topological polar surface area (TPSA) is 31.2 Å². The summed E-state index contributed by atoms with van der Waals surface area (Å²) < 4.78 is 9.60. The van der Waals surface area contributed by atoms with Crippen molar-refractivity contribution in [3.63, 3.8) is 0 Å². The van der Waals surface area contributed by atoms with E-state index in [1.807, 2.05) is 30.3 Å². The van der Waals surface area contributed by atoms with Crippen molar-refractivity contribution in [2.24, 2.45) is 0 Å². The highest BCUT2D eigenvalue weighted by atomic mass is 79.9. The molecular weight excluding hydrogens is 350 g/mol. The monoisotopic (exact) mass is 361 g/mol. The number of benzene rings is 2. The first-order valence-electron chi connectivity index (χ1n) is 6.75. The Kier molecular flexibility index (Phi) is 3.12. The number of rotatable bonds is 2. The van der Waals surface area contributed by atoms with Crippen LogP contribution in [0, 0.1) is 0 Å². The van der Waals surface area contributed by atoms with Gasteiger partial charge < -0.3 is 4.74 Å². The van der Waals surface area contributed by atoms with Crippen molar-refractivity contribution in [1.82, 2.24) is 3.96 Å². The minimum Gasteiger partial charge on any atom is -0.493 e. The summed E-state index contributed by atoms with van der Waals surface area (Å²) in [6.07, 6.45) is 0.934. The van der Waals surface area contributed by atoms with Crippen LogP contribution in [0.3, 0.4) is 0 Å². The van der Waals surface area contributed by atoms with E-state index in [0.29, 0.717) is 6.54 Å². The van der Waals surface area contributed by atoms with Crippen LogP contribution >= 0.6 is 27.5 Å². The Hall–Kier alpha value is -1.59. The summed E-state index contributed by atoms with van der Waals surface area (Å²) in [7, 11) is 0. The third-order valence-electron chi connectivity index (χ3n) is 3.69. The number of nitrogens with zero attached hydrogens (tertiary/aromatic N) is 1. The van der Waals surface area contributed by atoms with Gasteiger partial charge >= 0.3 is 0 Å². The Bertz CT molecular complexity index is 897. The van der Waals surface area contributed by atoms with Crippen molar-refractivity contribution in [3.05, 3.63) is 62.4 Å². The van der Waals surface area contributed by atoms with E-state index in [2.05, 4.69) is 22.0 Å². The zero-order chi connectivity index (χ0) is 14.4. The number of fused-ring (bicyclic) bond motifs is 2. The maximum atomic E-state index is 12.4. The zero-order valence-corrected chi connectivity index (χ0v) is 13.5. The molecule has 2 aromatic carbocycles. The third-order valence-corrected chi connectivity index (χ3v) is 5.22. The molecule has 0 saturated carbocycles. The molecule has 0 radical (unpaired) electrons. The van der Waals surface area contributed by atoms with Crippen LogP contribution in [0.15, 0.2) is 45.7 Å². The van der Waals surface area contributed by atoms with E-state index in [9.17, 15) is 4.79 Å². The van der Waals surface area contributed by atoms with Gasteiger partial charge in [0.25, 0.3) is 5.56 Å². The van der Waals surface area contributed by atoms with E-state index in [-0.39, 0.29) is 5.56 Å². The first-order chi connectivity index (χ1) is 10.2. The van der Waals surface area contributed by atoms with Gasteiger partial charge in [0.1, 0.15) is 5.75 Å². The van der Waals surface area contributed by atoms with Gasteiger partial charge in [-0.15, -0.1) is 0 Å². The van der Waals surface area contributed by atoms with Crippen molar-refractivity contribution in [2.75, 3.05) is 6.61 Å². The van der Waals surface area contributed by atoms with Gasteiger partial charge in [0, 0.05) is 16.5 Å². The molecule has 2 heterocycles. The van der Waals surface area contributed by atoms with Gasteiger partial charge in [0.05, 0.1) is 23.2 Å². The number of hydrogen-bond donors (Lipinski definition) is 0. The van der Waals surface area contributed by atoms with E-state index in [4.69, 9.17) is 4.74 Å². The fourth-order valence-corrected chi connectivity index (χ4v) is 4.31. The normalized spacial score (nSPS) is 13.4. The molecule has 0 spiro atoms. The second-order valence-corrected chi connectivity index (χ2v) is 7.06. The van der Waals surface area contributed by atoms with Crippen molar-refractivity contribution in [2.45, 2.75) is 13.0 Å². The average molecular weight is 362 g/mol. The fourth-order valence-electron chi connectivity index (χ4n) is 2.74. The minimum atomic E-state index is 0.0716. The minimum absolute atomic E-state index is 0.0716. The molecule has 1 aliphatic rings. The second-order valence-electron chi connectivity index (χ2n) is 5.08. The fraction of sp³-hybridized carbons (Fsp3) is 0.188. The van der Waals surface area contributed by atoms with Gasteiger partial charge in [0.2, 0.25) is 0 Å². The third kappa shape index (κ3) is 2.21. The highest BCUT2D eigenvalue weighted by Crippen LogP contribution is 2.33. The predicted molar refractivity (Wildman–Crippen MR) is 88.5 cm³/mol. The van der Waals surface area contributed by atoms with Gasteiger partial charge in [-0.05, 0) is 29.8 Å². The molecule has 5 heteroatoms. The molecule has 3 nitrogen and oxygen atoms in total. The molecule has 0 amide bonds. The summed E-state index contributed by atoms with van der Waals surface area (Å²) in [5.74, 6) is 0.947. The molecule has 3 aromatic rings. The zero-order valence-electron chi connectivity index (χ0n) is 11.1. The van der Waals surface area contributed by atoms with Gasteiger partial charge in [-0.3, -0.25) is 8.75 Å². The largest absolute Gasteiger partial charge is 0.493 e. The van der Waals surface area contributed by atoms with Crippen LogP contribution < -0.4 is 10.3 Å². The number of hydrogen-bond acceptors (Lipinski definition) is 3. The highest BCUT2D eigenvalue weighted by Gasteiger charge is 2.18. The summed E-state index contributed by atoms with van der Waals surface area (Å²) in [4.78, 5) is 12.4. The van der Waals surface area contributed by atoms with Gasteiger partial charge in [0.15, 0.2) is 0 Å². The van der Waals surface area contributed by atoms with Gasteiger partial charge in [-0.25, -0.2) is 0 Å². The average Bonchev–Trinajstić information content (AvgIpc) is 3.05. The number of ether oxygens (including phenoxy) is 1. The predicted octanol–water partition coefficient (Wildman–Crippen LogP) is 3.81. The van der Waals surface area contributed by atoms with Crippen LogP contribution in [-0.2, 0) is 13.0 Å². The quantitative estimate of drug-likeness (QED) is 0.694. The molecule has 0 atom stereocenters. The van der Waals surface area contributed by atoms with E-state index < -0.39 is 0 Å². The molecule has 1 aliphatic heterocycles.